The van der Waals surface area contributed by atoms with Crippen molar-refractivity contribution >= 4 is 29.9 Å². The predicted octanol–water partition coefficient (Wildman–Crippen LogP) is 3.00. The van der Waals surface area contributed by atoms with E-state index in [0.717, 1.165) is 35.9 Å². The van der Waals surface area contributed by atoms with Crippen LogP contribution in [0.5, 0.6) is 5.75 Å². The molecule has 0 saturated carbocycles. The highest BCUT2D eigenvalue weighted by Crippen LogP contribution is 2.17. The Bertz CT molecular complexity index is 879. The number of hydrogen-bond acceptors (Lipinski definition) is 5. The van der Waals surface area contributed by atoms with Gasteiger partial charge in [0.15, 0.2) is 5.96 Å². The fraction of sp³-hybridized carbons (Fsp3) is 0.350. The van der Waals surface area contributed by atoms with Crippen LogP contribution in [0.15, 0.2) is 58.4 Å². The summed E-state index contributed by atoms with van der Waals surface area (Å²) in [6.07, 6.45) is 4.27. The molecule has 2 heterocycles. The first-order valence-corrected chi connectivity index (χ1v) is 9.33. The highest BCUT2D eigenvalue weighted by atomic mass is 127. The zero-order chi connectivity index (χ0) is 19.6. The highest BCUT2D eigenvalue weighted by molar-refractivity contribution is 14.0. The molecule has 0 fully saturated rings. The van der Waals surface area contributed by atoms with Gasteiger partial charge in [0.2, 0.25) is 0 Å². The molecule has 156 valence electrons. The number of halogens is 1. The van der Waals surface area contributed by atoms with E-state index in [1.165, 1.54) is 0 Å². The smallest absolute Gasteiger partial charge is 0.192 e. The number of nitrogens with zero attached hydrogens (tertiary/aromatic N) is 4. The van der Waals surface area contributed by atoms with E-state index in [-0.39, 0.29) is 24.0 Å². The maximum absolute atomic E-state index is 5.41. The first kappa shape index (κ1) is 22.7. The van der Waals surface area contributed by atoms with Gasteiger partial charge in [-0.15, -0.1) is 34.2 Å². The summed E-state index contributed by atoms with van der Waals surface area (Å²) in [6.45, 7) is 4.58. The summed E-state index contributed by atoms with van der Waals surface area (Å²) in [7, 11) is 1.67. The molecule has 1 aromatic carbocycles. The van der Waals surface area contributed by atoms with E-state index in [4.69, 9.17) is 14.1 Å². The second kappa shape index (κ2) is 12.1. The minimum atomic E-state index is 0. The van der Waals surface area contributed by atoms with Crippen molar-refractivity contribution in [1.82, 2.24) is 25.4 Å². The number of aliphatic imine (C=N–C) groups is 1. The standard InChI is InChI=1S/C20H26N6O2.HI/c1-3-19-25-24-15-26(19)11-10-21-20(23-14-17-8-6-12-28-17)22-13-16-7-4-5-9-18(16)27-2;/h4-9,12,15H,3,10-11,13-14H2,1-2H3,(H2,21,22,23);1H. The summed E-state index contributed by atoms with van der Waals surface area (Å²) in [5.41, 5.74) is 1.02. The van der Waals surface area contributed by atoms with Gasteiger partial charge in [-0.2, -0.15) is 0 Å². The Kier molecular flexibility index (Phi) is 9.48. The van der Waals surface area contributed by atoms with Crippen molar-refractivity contribution in [1.29, 1.82) is 0 Å². The molecule has 2 N–H and O–H groups in total. The van der Waals surface area contributed by atoms with Crippen LogP contribution in [0.25, 0.3) is 0 Å². The van der Waals surface area contributed by atoms with E-state index < -0.39 is 0 Å². The maximum atomic E-state index is 5.41. The van der Waals surface area contributed by atoms with Gasteiger partial charge in [-0.25, -0.2) is 4.99 Å². The highest BCUT2D eigenvalue weighted by Gasteiger charge is 2.05. The topological polar surface area (TPSA) is 89.5 Å². The van der Waals surface area contributed by atoms with Crippen molar-refractivity contribution in [2.45, 2.75) is 33.0 Å². The number of benzene rings is 1. The second-order valence-corrected chi connectivity index (χ2v) is 6.13. The van der Waals surface area contributed by atoms with Gasteiger partial charge in [0.25, 0.3) is 0 Å². The molecule has 3 rings (SSSR count). The molecule has 2 aromatic heterocycles. The molecule has 0 atom stereocenters. The predicted molar refractivity (Wildman–Crippen MR) is 122 cm³/mol. The van der Waals surface area contributed by atoms with Gasteiger partial charge >= 0.3 is 0 Å². The Morgan fingerprint density at radius 3 is 2.83 bits per heavy atom. The third kappa shape index (κ3) is 6.77. The van der Waals surface area contributed by atoms with E-state index in [9.17, 15) is 0 Å². The lowest BCUT2D eigenvalue weighted by Crippen LogP contribution is -2.38. The number of hydrogen-bond donors (Lipinski definition) is 2. The summed E-state index contributed by atoms with van der Waals surface area (Å²) in [5, 5.41) is 14.7. The average molecular weight is 510 g/mol. The Labute approximate surface area is 187 Å². The van der Waals surface area contributed by atoms with Crippen LogP contribution in [0.4, 0.5) is 0 Å². The Balaban J connectivity index is 0.00000300. The zero-order valence-electron chi connectivity index (χ0n) is 16.7. The number of guanidine groups is 1. The Morgan fingerprint density at radius 1 is 1.21 bits per heavy atom. The number of aryl methyl sites for hydroxylation is 1. The van der Waals surface area contributed by atoms with Crippen molar-refractivity contribution in [3.05, 3.63) is 66.1 Å². The molecule has 0 unspecified atom stereocenters. The Hall–Kier alpha value is -2.56. The van der Waals surface area contributed by atoms with Crippen molar-refractivity contribution < 1.29 is 9.15 Å². The number of rotatable bonds is 9. The van der Waals surface area contributed by atoms with Crippen molar-refractivity contribution in [3.8, 4) is 5.75 Å². The van der Waals surface area contributed by atoms with E-state index in [1.54, 1.807) is 19.7 Å². The first-order valence-electron chi connectivity index (χ1n) is 9.33. The van der Waals surface area contributed by atoms with Gasteiger partial charge in [0.1, 0.15) is 23.7 Å². The minimum absolute atomic E-state index is 0. The van der Waals surface area contributed by atoms with Crippen LogP contribution >= 0.6 is 24.0 Å². The molecule has 9 heteroatoms. The lowest BCUT2D eigenvalue weighted by atomic mass is 10.2. The van der Waals surface area contributed by atoms with Gasteiger partial charge in [0.05, 0.1) is 26.5 Å². The van der Waals surface area contributed by atoms with Gasteiger partial charge in [-0.1, -0.05) is 25.1 Å². The van der Waals surface area contributed by atoms with Crippen molar-refractivity contribution in [2.24, 2.45) is 4.99 Å². The average Bonchev–Trinajstić information content (AvgIpc) is 3.41. The van der Waals surface area contributed by atoms with Crippen LogP contribution in [0, 0.1) is 0 Å². The van der Waals surface area contributed by atoms with E-state index in [2.05, 4.69) is 27.8 Å². The molecular formula is C20H27IN6O2. The fourth-order valence-corrected chi connectivity index (χ4v) is 2.79. The summed E-state index contributed by atoms with van der Waals surface area (Å²) in [4.78, 5) is 4.70. The van der Waals surface area contributed by atoms with Crippen LogP contribution in [-0.2, 0) is 26.1 Å². The quantitative estimate of drug-likeness (QED) is 0.262. The third-order valence-electron chi connectivity index (χ3n) is 4.27. The van der Waals surface area contributed by atoms with Gasteiger partial charge in [-0.05, 0) is 18.2 Å². The van der Waals surface area contributed by atoms with Crippen LogP contribution in [0.3, 0.4) is 0 Å². The molecule has 0 aliphatic rings. The van der Waals surface area contributed by atoms with Gasteiger partial charge in [0, 0.05) is 25.1 Å². The van der Waals surface area contributed by atoms with E-state index in [1.807, 2.05) is 41.0 Å². The van der Waals surface area contributed by atoms with Crippen LogP contribution in [0.2, 0.25) is 0 Å². The van der Waals surface area contributed by atoms with Crippen molar-refractivity contribution in [3.63, 3.8) is 0 Å². The van der Waals surface area contributed by atoms with Crippen LogP contribution in [0.1, 0.15) is 24.1 Å². The number of aromatic nitrogens is 3. The third-order valence-corrected chi connectivity index (χ3v) is 4.27. The summed E-state index contributed by atoms with van der Waals surface area (Å²) < 4.78 is 12.8. The van der Waals surface area contributed by atoms with Crippen LogP contribution < -0.4 is 15.4 Å². The SMILES string of the molecule is CCc1nncn1CCNC(=NCc1ccccc1OC)NCc1ccco1.I. The largest absolute Gasteiger partial charge is 0.496 e. The summed E-state index contributed by atoms with van der Waals surface area (Å²) >= 11 is 0. The molecule has 0 aliphatic heterocycles. The summed E-state index contributed by atoms with van der Waals surface area (Å²) in [6, 6.07) is 11.7. The number of nitrogens with one attached hydrogen (secondary N) is 2. The van der Waals surface area contributed by atoms with E-state index >= 15 is 0 Å². The minimum Gasteiger partial charge on any atom is -0.496 e. The monoisotopic (exact) mass is 510 g/mol. The molecule has 0 aliphatic carbocycles. The lowest BCUT2D eigenvalue weighted by molar-refractivity contribution is 0.410. The van der Waals surface area contributed by atoms with Gasteiger partial charge < -0.3 is 24.4 Å². The number of methoxy groups -OCH3 is 1. The molecule has 0 spiro atoms. The van der Waals surface area contributed by atoms with Crippen molar-refractivity contribution in [2.75, 3.05) is 13.7 Å². The lowest BCUT2D eigenvalue weighted by Gasteiger charge is -2.13. The molecular weight excluding hydrogens is 483 g/mol. The van der Waals surface area contributed by atoms with Crippen LogP contribution in [-0.4, -0.2) is 34.4 Å². The molecule has 3 aromatic rings. The Morgan fingerprint density at radius 2 is 2.07 bits per heavy atom. The van der Waals surface area contributed by atoms with E-state index in [0.29, 0.717) is 25.6 Å². The summed E-state index contributed by atoms with van der Waals surface area (Å²) in [5.74, 6) is 3.35. The maximum Gasteiger partial charge on any atom is 0.192 e. The zero-order valence-corrected chi connectivity index (χ0v) is 19.0. The number of furan rings is 1. The second-order valence-electron chi connectivity index (χ2n) is 6.13. The fourth-order valence-electron chi connectivity index (χ4n) is 2.79. The molecule has 8 nitrogen and oxygen atoms in total. The molecule has 0 bridgehead atoms. The molecule has 29 heavy (non-hydrogen) atoms. The number of ether oxygens (including phenoxy) is 1. The van der Waals surface area contributed by atoms with Gasteiger partial charge in [-0.3, -0.25) is 0 Å². The first-order chi connectivity index (χ1) is 13.8. The molecule has 0 amide bonds. The molecule has 0 radical (unpaired) electrons. The normalized spacial score (nSPS) is 11.0. The molecule has 0 saturated heterocycles. The number of para-hydroxylation sites is 1.